The molecule has 0 atom stereocenters. The molecule has 0 fully saturated rings. The first-order chi connectivity index (χ1) is 4.77. The molecule has 0 rings (SSSR count). The summed E-state index contributed by atoms with van der Waals surface area (Å²) >= 11 is 0. The van der Waals surface area contributed by atoms with E-state index in [-0.39, 0.29) is 21.3 Å². The SMILES string of the molecule is C.C.COCCCCCC(=O)[O-]. The molecular formula is C9H21O3-. The molecule has 0 aliphatic rings. The van der Waals surface area contributed by atoms with Gasteiger partial charge in [-0.3, -0.25) is 0 Å². The summed E-state index contributed by atoms with van der Waals surface area (Å²) in [6.07, 6.45) is 2.71. The highest BCUT2D eigenvalue weighted by Gasteiger charge is 1.88. The van der Waals surface area contributed by atoms with Crippen LogP contribution in [0.25, 0.3) is 0 Å². The number of carboxylic acid groups (broad SMARTS) is 1. The van der Waals surface area contributed by atoms with E-state index >= 15 is 0 Å². The Morgan fingerprint density at radius 3 is 2.25 bits per heavy atom. The number of rotatable bonds is 6. The third kappa shape index (κ3) is 16.2. The summed E-state index contributed by atoms with van der Waals surface area (Å²) in [4.78, 5) is 9.89. The summed E-state index contributed by atoms with van der Waals surface area (Å²) in [6, 6.07) is 0. The third-order valence-corrected chi connectivity index (χ3v) is 1.23. The number of carbonyl (C=O) groups is 1. The lowest BCUT2D eigenvalue weighted by Crippen LogP contribution is -2.21. The molecule has 0 spiro atoms. The van der Waals surface area contributed by atoms with Gasteiger partial charge in [-0.25, -0.2) is 0 Å². The Morgan fingerprint density at radius 1 is 1.25 bits per heavy atom. The maximum absolute atomic E-state index is 9.89. The highest BCUT2D eigenvalue weighted by atomic mass is 16.5. The van der Waals surface area contributed by atoms with Gasteiger partial charge in [-0.05, 0) is 19.3 Å². The van der Waals surface area contributed by atoms with Crippen LogP contribution in [0.2, 0.25) is 0 Å². The normalized spacial score (nSPS) is 8.08. The second-order valence-electron chi connectivity index (χ2n) is 2.18. The number of carboxylic acids is 1. The van der Waals surface area contributed by atoms with Gasteiger partial charge in [0.1, 0.15) is 0 Å². The predicted molar refractivity (Wildman–Crippen MR) is 48.8 cm³/mol. The van der Waals surface area contributed by atoms with Crippen LogP contribution in [0.1, 0.15) is 40.5 Å². The van der Waals surface area contributed by atoms with E-state index in [1.165, 1.54) is 0 Å². The van der Waals surface area contributed by atoms with Gasteiger partial charge >= 0.3 is 0 Å². The summed E-state index contributed by atoms with van der Waals surface area (Å²) < 4.78 is 4.79. The van der Waals surface area contributed by atoms with E-state index < -0.39 is 5.97 Å². The van der Waals surface area contributed by atoms with Gasteiger partial charge < -0.3 is 14.6 Å². The molecule has 0 aromatic heterocycles. The lowest BCUT2D eigenvalue weighted by molar-refractivity contribution is -0.305. The van der Waals surface area contributed by atoms with Crippen molar-refractivity contribution in [1.82, 2.24) is 0 Å². The first-order valence-corrected chi connectivity index (χ1v) is 3.46. The number of ether oxygens (including phenoxy) is 1. The minimum atomic E-state index is -0.961. The van der Waals surface area contributed by atoms with Crippen LogP contribution in [0, 0.1) is 0 Å². The van der Waals surface area contributed by atoms with E-state index in [0.717, 1.165) is 12.8 Å². The fourth-order valence-corrected chi connectivity index (χ4v) is 0.693. The van der Waals surface area contributed by atoms with Crippen molar-refractivity contribution in [3.8, 4) is 0 Å². The molecular weight excluding hydrogens is 156 g/mol. The van der Waals surface area contributed by atoms with E-state index in [4.69, 9.17) is 4.74 Å². The number of hydrogen-bond donors (Lipinski definition) is 0. The van der Waals surface area contributed by atoms with Gasteiger partial charge in [-0.2, -0.15) is 0 Å². The second-order valence-corrected chi connectivity index (χ2v) is 2.18. The molecule has 0 radical (unpaired) electrons. The highest BCUT2D eigenvalue weighted by molar-refractivity contribution is 5.63. The Bertz CT molecular complexity index is 91.8. The number of unbranched alkanes of at least 4 members (excludes halogenated alkanes) is 2. The van der Waals surface area contributed by atoms with Crippen molar-refractivity contribution in [3.63, 3.8) is 0 Å². The minimum absolute atomic E-state index is 0. The Labute approximate surface area is 75.7 Å². The van der Waals surface area contributed by atoms with Crippen LogP contribution in [-0.2, 0) is 9.53 Å². The van der Waals surface area contributed by atoms with E-state index in [0.29, 0.717) is 13.0 Å². The summed E-state index contributed by atoms with van der Waals surface area (Å²) in [5, 5.41) is 9.89. The van der Waals surface area contributed by atoms with Crippen molar-refractivity contribution >= 4 is 5.97 Å². The van der Waals surface area contributed by atoms with Crippen LogP contribution in [-0.4, -0.2) is 19.7 Å². The number of hydrogen-bond acceptors (Lipinski definition) is 3. The zero-order chi connectivity index (χ0) is 7.82. The van der Waals surface area contributed by atoms with Gasteiger partial charge in [0.15, 0.2) is 0 Å². The Morgan fingerprint density at radius 2 is 1.83 bits per heavy atom. The number of aliphatic carboxylic acids is 1. The topological polar surface area (TPSA) is 49.4 Å². The van der Waals surface area contributed by atoms with E-state index in [2.05, 4.69) is 0 Å². The van der Waals surface area contributed by atoms with Crippen LogP contribution in [0.3, 0.4) is 0 Å². The Hall–Kier alpha value is -0.570. The zero-order valence-electron chi connectivity index (χ0n) is 6.26. The van der Waals surface area contributed by atoms with E-state index in [1.54, 1.807) is 7.11 Å². The van der Waals surface area contributed by atoms with Crippen molar-refractivity contribution in [2.75, 3.05) is 13.7 Å². The first-order valence-electron chi connectivity index (χ1n) is 3.46. The Kier molecular flexibility index (Phi) is 19.0. The maximum atomic E-state index is 9.89. The summed E-state index contributed by atoms with van der Waals surface area (Å²) in [6.45, 7) is 0.715. The quantitative estimate of drug-likeness (QED) is 0.573. The van der Waals surface area contributed by atoms with E-state index in [1.807, 2.05) is 0 Å². The molecule has 76 valence electrons. The summed E-state index contributed by atoms with van der Waals surface area (Å²) in [5.41, 5.74) is 0. The standard InChI is InChI=1S/C7H14O3.2CH4/c1-10-6-4-2-3-5-7(8)9;;/h2-6H2,1H3,(H,8,9);2*1H4/p-1. The van der Waals surface area contributed by atoms with Crippen LogP contribution in [0.4, 0.5) is 0 Å². The third-order valence-electron chi connectivity index (χ3n) is 1.23. The highest BCUT2D eigenvalue weighted by Crippen LogP contribution is 1.98. The molecule has 3 heteroatoms. The van der Waals surface area contributed by atoms with Crippen LogP contribution < -0.4 is 5.11 Å². The monoisotopic (exact) mass is 177 g/mol. The van der Waals surface area contributed by atoms with Crippen LogP contribution in [0.15, 0.2) is 0 Å². The number of carbonyl (C=O) groups excluding carboxylic acids is 1. The second kappa shape index (κ2) is 13.1. The Balaban J connectivity index is -0.000000405. The molecule has 3 nitrogen and oxygen atoms in total. The zero-order valence-corrected chi connectivity index (χ0v) is 6.26. The van der Waals surface area contributed by atoms with Gasteiger partial charge in [0.25, 0.3) is 0 Å². The molecule has 0 saturated heterocycles. The fraction of sp³-hybridized carbons (Fsp3) is 0.889. The number of methoxy groups -OCH3 is 1. The van der Waals surface area contributed by atoms with Crippen LogP contribution in [0.5, 0.6) is 0 Å². The van der Waals surface area contributed by atoms with Gasteiger partial charge in [0, 0.05) is 19.7 Å². The molecule has 0 bridgehead atoms. The molecule has 0 aliphatic carbocycles. The smallest absolute Gasteiger partial charge is 0.0462 e. The molecule has 0 N–H and O–H groups in total. The molecule has 0 saturated carbocycles. The molecule has 12 heavy (non-hydrogen) atoms. The average Bonchev–Trinajstić information content (AvgIpc) is 1.87. The molecule has 0 amide bonds. The summed E-state index contributed by atoms with van der Waals surface area (Å²) in [7, 11) is 1.64. The van der Waals surface area contributed by atoms with Gasteiger partial charge in [-0.1, -0.05) is 21.3 Å². The largest absolute Gasteiger partial charge is 0.550 e. The van der Waals surface area contributed by atoms with Gasteiger partial charge in [-0.15, -0.1) is 0 Å². The van der Waals surface area contributed by atoms with Crippen molar-refractivity contribution in [3.05, 3.63) is 0 Å². The van der Waals surface area contributed by atoms with Gasteiger partial charge in [0.2, 0.25) is 0 Å². The lowest BCUT2D eigenvalue weighted by atomic mass is 10.2. The molecule has 0 aromatic carbocycles. The average molecular weight is 177 g/mol. The molecule has 0 unspecified atom stereocenters. The minimum Gasteiger partial charge on any atom is -0.550 e. The van der Waals surface area contributed by atoms with Gasteiger partial charge in [0.05, 0.1) is 0 Å². The summed E-state index contributed by atoms with van der Waals surface area (Å²) in [5.74, 6) is -0.961. The van der Waals surface area contributed by atoms with Crippen molar-refractivity contribution < 1.29 is 14.6 Å². The molecule has 0 heterocycles. The fourth-order valence-electron chi connectivity index (χ4n) is 0.693. The first kappa shape index (κ1) is 17.5. The van der Waals surface area contributed by atoms with E-state index in [9.17, 15) is 9.90 Å². The van der Waals surface area contributed by atoms with Crippen LogP contribution >= 0.6 is 0 Å². The lowest BCUT2D eigenvalue weighted by Gasteiger charge is -2.00. The predicted octanol–water partition coefficient (Wildman–Crippen LogP) is 1.22. The molecule has 0 aromatic rings. The van der Waals surface area contributed by atoms with Crippen molar-refractivity contribution in [1.29, 1.82) is 0 Å². The van der Waals surface area contributed by atoms with Crippen molar-refractivity contribution in [2.45, 2.75) is 40.5 Å². The molecule has 0 aliphatic heterocycles. The maximum Gasteiger partial charge on any atom is 0.0462 e. The van der Waals surface area contributed by atoms with Crippen molar-refractivity contribution in [2.24, 2.45) is 0 Å².